The molecule has 0 N–H and O–H groups in total. The normalized spacial score (nSPS) is 16.3. The summed E-state index contributed by atoms with van der Waals surface area (Å²) in [7, 11) is 0. The molecule has 1 saturated heterocycles. The van der Waals surface area contributed by atoms with Crippen LogP contribution >= 0.6 is 0 Å². The maximum absolute atomic E-state index is 13.5. The third-order valence-corrected chi connectivity index (χ3v) is 6.13. The van der Waals surface area contributed by atoms with E-state index >= 15 is 0 Å². The van der Waals surface area contributed by atoms with Crippen LogP contribution in [-0.4, -0.2) is 57.6 Å². The van der Waals surface area contributed by atoms with Gasteiger partial charge in [0.05, 0.1) is 11.3 Å². The number of halogens is 1. The zero-order chi connectivity index (χ0) is 22.2. The number of benzene rings is 2. The van der Waals surface area contributed by atoms with Crippen molar-refractivity contribution in [2.45, 2.75) is 19.8 Å². The van der Waals surface area contributed by atoms with E-state index in [0.29, 0.717) is 43.1 Å². The first-order chi connectivity index (χ1) is 15.5. The SMILES string of the molecule is Cc1cccc(-c2nn(-c3ccc(F)cc3)cc2C(=O)N2CCN(C(=O)C3CC3)CC2)c1. The molecular formula is C25H25FN4O2. The van der Waals surface area contributed by atoms with Gasteiger partial charge in [0.2, 0.25) is 5.91 Å². The molecule has 0 radical (unpaired) electrons. The lowest BCUT2D eigenvalue weighted by Gasteiger charge is -2.34. The van der Waals surface area contributed by atoms with Gasteiger partial charge in [-0.15, -0.1) is 0 Å². The molecule has 3 aromatic rings. The maximum Gasteiger partial charge on any atom is 0.257 e. The summed E-state index contributed by atoms with van der Waals surface area (Å²) in [5, 5.41) is 4.69. The first kappa shape index (κ1) is 20.4. The van der Waals surface area contributed by atoms with Crippen LogP contribution in [0.3, 0.4) is 0 Å². The molecule has 1 aliphatic heterocycles. The number of carbonyl (C=O) groups is 2. The van der Waals surface area contributed by atoms with Crippen LogP contribution < -0.4 is 0 Å². The fourth-order valence-electron chi connectivity index (χ4n) is 4.15. The van der Waals surface area contributed by atoms with Crippen molar-refractivity contribution < 1.29 is 14.0 Å². The third-order valence-electron chi connectivity index (χ3n) is 6.13. The number of hydrogen-bond acceptors (Lipinski definition) is 3. The molecule has 1 aromatic heterocycles. The van der Waals surface area contributed by atoms with E-state index in [9.17, 15) is 14.0 Å². The quantitative estimate of drug-likeness (QED) is 0.632. The van der Waals surface area contributed by atoms with Gasteiger partial charge in [0.1, 0.15) is 11.5 Å². The maximum atomic E-state index is 13.5. The first-order valence-corrected chi connectivity index (χ1v) is 11.0. The largest absolute Gasteiger partial charge is 0.339 e. The number of nitrogens with zero attached hydrogens (tertiary/aromatic N) is 4. The van der Waals surface area contributed by atoms with Crippen molar-refractivity contribution in [3.8, 4) is 16.9 Å². The molecule has 6 nitrogen and oxygen atoms in total. The van der Waals surface area contributed by atoms with Gasteiger partial charge in [0.15, 0.2) is 0 Å². The van der Waals surface area contributed by atoms with Gasteiger partial charge in [0, 0.05) is 43.9 Å². The van der Waals surface area contributed by atoms with Crippen LogP contribution in [0.4, 0.5) is 4.39 Å². The van der Waals surface area contributed by atoms with Crippen LogP contribution in [0.5, 0.6) is 0 Å². The molecule has 5 rings (SSSR count). The van der Waals surface area contributed by atoms with Crippen molar-refractivity contribution in [2.24, 2.45) is 5.92 Å². The topological polar surface area (TPSA) is 58.4 Å². The number of piperazine rings is 1. The van der Waals surface area contributed by atoms with Gasteiger partial charge in [-0.25, -0.2) is 9.07 Å². The molecule has 32 heavy (non-hydrogen) atoms. The minimum absolute atomic E-state index is 0.103. The zero-order valence-corrected chi connectivity index (χ0v) is 18.0. The lowest BCUT2D eigenvalue weighted by molar-refractivity contribution is -0.134. The number of carbonyl (C=O) groups excluding carboxylic acids is 2. The Hall–Kier alpha value is -3.48. The number of rotatable bonds is 4. The number of aryl methyl sites for hydroxylation is 1. The van der Waals surface area contributed by atoms with Crippen LogP contribution in [0.15, 0.2) is 54.7 Å². The molecule has 164 valence electrons. The average molecular weight is 432 g/mol. The number of aromatic nitrogens is 2. The number of hydrogen-bond donors (Lipinski definition) is 0. The summed E-state index contributed by atoms with van der Waals surface area (Å²) >= 11 is 0. The third kappa shape index (κ3) is 4.02. The van der Waals surface area contributed by atoms with Gasteiger partial charge in [0.25, 0.3) is 5.91 Å². The van der Waals surface area contributed by atoms with E-state index in [2.05, 4.69) is 0 Å². The Morgan fingerprint density at radius 2 is 1.66 bits per heavy atom. The first-order valence-electron chi connectivity index (χ1n) is 11.0. The van der Waals surface area contributed by atoms with E-state index in [1.807, 2.05) is 36.1 Å². The van der Waals surface area contributed by atoms with Gasteiger partial charge in [-0.3, -0.25) is 9.59 Å². The Labute approximate surface area is 186 Å². The lowest BCUT2D eigenvalue weighted by Crippen LogP contribution is -2.51. The lowest BCUT2D eigenvalue weighted by atomic mass is 10.0. The molecule has 0 bridgehead atoms. The predicted molar refractivity (Wildman–Crippen MR) is 119 cm³/mol. The van der Waals surface area contributed by atoms with Crippen molar-refractivity contribution in [3.63, 3.8) is 0 Å². The Morgan fingerprint density at radius 3 is 2.31 bits per heavy atom. The van der Waals surface area contributed by atoms with Crippen molar-refractivity contribution >= 4 is 11.8 Å². The van der Waals surface area contributed by atoms with Crippen LogP contribution in [-0.2, 0) is 4.79 Å². The summed E-state index contributed by atoms with van der Waals surface area (Å²) in [5.74, 6) is -0.0103. The highest BCUT2D eigenvalue weighted by Gasteiger charge is 2.35. The van der Waals surface area contributed by atoms with Crippen LogP contribution in [0.25, 0.3) is 16.9 Å². The van der Waals surface area contributed by atoms with E-state index in [0.717, 1.165) is 24.0 Å². The highest BCUT2D eigenvalue weighted by molar-refractivity contribution is 6.00. The van der Waals surface area contributed by atoms with E-state index in [-0.39, 0.29) is 23.5 Å². The second kappa shape index (κ2) is 8.22. The van der Waals surface area contributed by atoms with E-state index in [1.165, 1.54) is 12.1 Å². The molecule has 0 unspecified atom stereocenters. The fraction of sp³-hybridized carbons (Fsp3) is 0.320. The second-order valence-corrected chi connectivity index (χ2v) is 8.57. The number of amides is 2. The summed E-state index contributed by atoms with van der Waals surface area (Å²) < 4.78 is 15.0. The predicted octanol–water partition coefficient (Wildman–Crippen LogP) is 3.68. The van der Waals surface area contributed by atoms with Gasteiger partial charge in [-0.05, 0) is 50.1 Å². The molecular weight excluding hydrogens is 407 g/mol. The molecule has 2 fully saturated rings. The summed E-state index contributed by atoms with van der Waals surface area (Å²) in [6.07, 6.45) is 3.69. The van der Waals surface area contributed by atoms with Crippen molar-refractivity contribution in [1.82, 2.24) is 19.6 Å². The van der Waals surface area contributed by atoms with E-state index < -0.39 is 0 Å². The van der Waals surface area contributed by atoms with Crippen molar-refractivity contribution in [1.29, 1.82) is 0 Å². The van der Waals surface area contributed by atoms with Crippen molar-refractivity contribution in [3.05, 3.63) is 71.7 Å². The van der Waals surface area contributed by atoms with E-state index in [4.69, 9.17) is 5.10 Å². The molecule has 7 heteroatoms. The second-order valence-electron chi connectivity index (χ2n) is 8.57. The zero-order valence-electron chi connectivity index (χ0n) is 18.0. The highest BCUT2D eigenvalue weighted by Crippen LogP contribution is 2.31. The Bertz CT molecular complexity index is 1160. The fourth-order valence-corrected chi connectivity index (χ4v) is 4.15. The van der Waals surface area contributed by atoms with E-state index in [1.54, 1.807) is 27.9 Å². The Kier molecular flexibility index (Phi) is 5.25. The minimum atomic E-state index is -0.324. The van der Waals surface area contributed by atoms with Gasteiger partial charge >= 0.3 is 0 Å². The smallest absolute Gasteiger partial charge is 0.257 e. The van der Waals surface area contributed by atoms with Crippen LogP contribution in [0.2, 0.25) is 0 Å². The summed E-state index contributed by atoms with van der Waals surface area (Å²) in [4.78, 5) is 29.5. The molecule has 0 atom stereocenters. The molecule has 1 saturated carbocycles. The molecule has 2 aliphatic rings. The van der Waals surface area contributed by atoms with Gasteiger partial charge in [-0.1, -0.05) is 23.8 Å². The van der Waals surface area contributed by atoms with Crippen molar-refractivity contribution in [2.75, 3.05) is 26.2 Å². The average Bonchev–Trinajstić information content (AvgIpc) is 3.57. The minimum Gasteiger partial charge on any atom is -0.339 e. The monoisotopic (exact) mass is 432 g/mol. The van der Waals surface area contributed by atoms with Gasteiger partial charge in [-0.2, -0.15) is 5.10 Å². The Balaban J connectivity index is 1.44. The molecule has 0 spiro atoms. The standard InChI is InChI=1S/C25H25FN4O2/c1-17-3-2-4-19(15-17)23-22(16-30(27-23)21-9-7-20(26)8-10-21)25(32)29-13-11-28(12-14-29)24(31)18-5-6-18/h2-4,7-10,15-16,18H,5-6,11-14H2,1H3. The summed E-state index contributed by atoms with van der Waals surface area (Å²) in [5.41, 5.74) is 3.71. The molecule has 2 aromatic carbocycles. The highest BCUT2D eigenvalue weighted by atomic mass is 19.1. The molecule has 2 heterocycles. The molecule has 1 aliphatic carbocycles. The summed E-state index contributed by atoms with van der Waals surface area (Å²) in [6, 6.07) is 13.9. The van der Waals surface area contributed by atoms with Crippen LogP contribution in [0, 0.1) is 18.7 Å². The van der Waals surface area contributed by atoms with Gasteiger partial charge < -0.3 is 9.80 Å². The Morgan fingerprint density at radius 1 is 0.969 bits per heavy atom. The van der Waals surface area contributed by atoms with Crippen LogP contribution in [0.1, 0.15) is 28.8 Å². The molecule has 2 amide bonds. The summed E-state index contributed by atoms with van der Waals surface area (Å²) in [6.45, 7) is 4.14.